The van der Waals surface area contributed by atoms with Gasteiger partial charge in [-0.15, -0.1) is 0 Å². The topological polar surface area (TPSA) is 52.6 Å². The van der Waals surface area contributed by atoms with Crippen molar-refractivity contribution in [2.75, 3.05) is 13.2 Å². The van der Waals surface area contributed by atoms with E-state index in [4.69, 9.17) is 9.47 Å². The Bertz CT molecular complexity index is 266. The number of esters is 1. The molecule has 0 amide bonds. The summed E-state index contributed by atoms with van der Waals surface area (Å²) in [5, 5.41) is 0. The zero-order valence-electron chi connectivity index (χ0n) is 14.2. The fraction of sp³-hybridized carbons (Fsp3) is 0.875. The average Bonchev–Trinajstić information content (AvgIpc) is 2.26. The molecule has 0 spiro atoms. The van der Waals surface area contributed by atoms with Gasteiger partial charge in [-0.1, -0.05) is 27.2 Å². The van der Waals surface area contributed by atoms with Crippen LogP contribution in [0.3, 0.4) is 0 Å². The quantitative estimate of drug-likeness (QED) is 0.528. The molecule has 0 aliphatic carbocycles. The van der Waals surface area contributed by atoms with Gasteiger partial charge < -0.3 is 9.47 Å². The molecule has 4 heteroatoms. The molecule has 4 nitrogen and oxygen atoms in total. The van der Waals surface area contributed by atoms with Crippen LogP contribution in [0.5, 0.6) is 0 Å². The Morgan fingerprint density at radius 3 is 2.00 bits per heavy atom. The van der Waals surface area contributed by atoms with Gasteiger partial charge in [-0.05, 0) is 33.1 Å². The van der Waals surface area contributed by atoms with Crippen LogP contribution in [0.15, 0.2) is 0 Å². The van der Waals surface area contributed by atoms with E-state index in [0.29, 0.717) is 25.6 Å². The summed E-state index contributed by atoms with van der Waals surface area (Å²) in [7, 11) is 0. The molecule has 120 valence electrons. The maximum Gasteiger partial charge on any atom is 0.303 e. The van der Waals surface area contributed by atoms with Crippen molar-refractivity contribution in [3.05, 3.63) is 0 Å². The molecular weight excluding hydrogens is 256 g/mol. The summed E-state index contributed by atoms with van der Waals surface area (Å²) in [6.45, 7) is 14.2. The highest BCUT2D eigenvalue weighted by molar-refractivity contribution is 5.79. The first-order valence-corrected chi connectivity index (χ1v) is 7.41. The fourth-order valence-electron chi connectivity index (χ4n) is 1.35. The predicted molar refractivity (Wildman–Crippen MR) is 81.7 cm³/mol. The monoisotopic (exact) mass is 288 g/mol. The van der Waals surface area contributed by atoms with Gasteiger partial charge in [0.1, 0.15) is 12.2 Å². The van der Waals surface area contributed by atoms with Gasteiger partial charge >= 0.3 is 5.97 Å². The van der Waals surface area contributed by atoms with E-state index in [1.165, 1.54) is 6.92 Å². The molecule has 0 aromatic heterocycles. The highest BCUT2D eigenvalue weighted by Crippen LogP contribution is 2.06. The van der Waals surface area contributed by atoms with E-state index in [0.717, 1.165) is 12.8 Å². The van der Waals surface area contributed by atoms with Crippen LogP contribution in [0, 0.1) is 5.92 Å². The summed E-state index contributed by atoms with van der Waals surface area (Å²) in [6.07, 6.45) is 2.72. The Hall–Kier alpha value is -0.900. The first kappa shape index (κ1) is 21.4. The Morgan fingerprint density at radius 2 is 1.70 bits per heavy atom. The highest BCUT2D eigenvalue weighted by atomic mass is 16.6. The maximum atomic E-state index is 11.2. The number of carbonyl (C=O) groups excluding carboxylic acids is 2. The first-order valence-electron chi connectivity index (χ1n) is 7.41. The number of Topliss-reactive ketones (excluding diaryl/α,β-unsaturated/α-hetero) is 1. The summed E-state index contributed by atoms with van der Waals surface area (Å²) in [5.41, 5.74) is -0.328. The van der Waals surface area contributed by atoms with Gasteiger partial charge in [-0.25, -0.2) is 0 Å². The smallest absolute Gasteiger partial charge is 0.303 e. The van der Waals surface area contributed by atoms with Crippen molar-refractivity contribution in [3.8, 4) is 0 Å². The van der Waals surface area contributed by atoms with E-state index in [1.807, 2.05) is 27.7 Å². The lowest BCUT2D eigenvalue weighted by Gasteiger charge is -2.17. The summed E-state index contributed by atoms with van der Waals surface area (Å²) in [5.74, 6) is 0.512. The van der Waals surface area contributed by atoms with Gasteiger partial charge in [0.2, 0.25) is 0 Å². The molecule has 0 heterocycles. The summed E-state index contributed by atoms with van der Waals surface area (Å²) < 4.78 is 9.94. The Balaban J connectivity index is 0. The van der Waals surface area contributed by atoms with E-state index in [1.54, 1.807) is 0 Å². The molecule has 0 N–H and O–H groups in total. The Labute approximate surface area is 124 Å². The molecule has 1 atom stereocenters. The summed E-state index contributed by atoms with van der Waals surface area (Å²) in [4.78, 5) is 21.4. The van der Waals surface area contributed by atoms with E-state index in [2.05, 4.69) is 13.8 Å². The predicted octanol–water partition coefficient (Wildman–Crippen LogP) is 3.77. The third-order valence-corrected chi connectivity index (χ3v) is 2.33. The number of hydrogen-bond donors (Lipinski definition) is 0. The van der Waals surface area contributed by atoms with Crippen molar-refractivity contribution in [1.82, 2.24) is 0 Å². The molecule has 0 bridgehead atoms. The van der Waals surface area contributed by atoms with Gasteiger partial charge in [0, 0.05) is 20.0 Å². The molecule has 0 saturated carbocycles. The van der Waals surface area contributed by atoms with Crippen LogP contribution in [0.1, 0.15) is 67.7 Å². The number of hydrogen-bond acceptors (Lipinski definition) is 4. The molecule has 0 radical (unpaired) electrons. The highest BCUT2D eigenvalue weighted by Gasteiger charge is 2.11. The third kappa shape index (κ3) is 19.4. The minimum atomic E-state index is -0.328. The molecule has 0 aromatic carbocycles. The molecule has 20 heavy (non-hydrogen) atoms. The van der Waals surface area contributed by atoms with Gasteiger partial charge in [0.15, 0.2) is 5.78 Å². The second-order valence-electron chi connectivity index (χ2n) is 6.01. The summed E-state index contributed by atoms with van der Waals surface area (Å²) in [6, 6.07) is 0. The van der Waals surface area contributed by atoms with Crippen molar-refractivity contribution in [2.24, 2.45) is 5.92 Å². The number of carbonyl (C=O) groups is 2. The zero-order chi connectivity index (χ0) is 16.2. The maximum absolute atomic E-state index is 11.2. The van der Waals surface area contributed by atoms with Gasteiger partial charge in [0.25, 0.3) is 0 Å². The number of ketones is 1. The molecule has 0 fully saturated rings. The van der Waals surface area contributed by atoms with E-state index in [-0.39, 0.29) is 17.4 Å². The van der Waals surface area contributed by atoms with Crippen molar-refractivity contribution < 1.29 is 19.1 Å². The van der Waals surface area contributed by atoms with E-state index < -0.39 is 0 Å². The molecule has 1 unspecified atom stereocenters. The SMILES string of the molecule is CC(=O)OC(C)(C)C.CCCOCC(=O)CC(C)CC. The van der Waals surface area contributed by atoms with Crippen LogP contribution in [-0.4, -0.2) is 30.6 Å². The molecule has 0 saturated heterocycles. The lowest BCUT2D eigenvalue weighted by molar-refractivity contribution is -0.151. The van der Waals surface area contributed by atoms with Crippen LogP contribution in [-0.2, 0) is 19.1 Å². The fourth-order valence-corrected chi connectivity index (χ4v) is 1.35. The molecular formula is C16H32O4. The van der Waals surface area contributed by atoms with Crippen molar-refractivity contribution >= 4 is 11.8 Å². The lowest BCUT2D eigenvalue weighted by Crippen LogP contribution is -2.21. The first-order chi connectivity index (χ1) is 9.12. The third-order valence-electron chi connectivity index (χ3n) is 2.33. The van der Waals surface area contributed by atoms with E-state index in [9.17, 15) is 9.59 Å². The van der Waals surface area contributed by atoms with Crippen molar-refractivity contribution in [1.29, 1.82) is 0 Å². The van der Waals surface area contributed by atoms with Crippen molar-refractivity contribution in [3.63, 3.8) is 0 Å². The van der Waals surface area contributed by atoms with Crippen LogP contribution < -0.4 is 0 Å². The average molecular weight is 288 g/mol. The standard InChI is InChI=1S/C10H20O2.C6H12O2/c1-4-6-12-8-10(11)7-9(3)5-2;1-5(7)8-6(2,3)4/h9H,4-8H2,1-3H3;1-4H3. The normalized spacial score (nSPS) is 12.2. The molecule has 0 aromatic rings. The van der Waals surface area contributed by atoms with Gasteiger partial charge in [-0.2, -0.15) is 0 Å². The summed E-state index contributed by atoms with van der Waals surface area (Å²) >= 11 is 0. The lowest BCUT2D eigenvalue weighted by atomic mass is 10.0. The number of ether oxygens (including phenoxy) is 2. The van der Waals surface area contributed by atoms with Gasteiger partial charge in [0.05, 0.1) is 0 Å². The largest absolute Gasteiger partial charge is 0.460 e. The second-order valence-corrected chi connectivity index (χ2v) is 6.01. The Morgan fingerprint density at radius 1 is 1.15 bits per heavy atom. The van der Waals surface area contributed by atoms with Crippen LogP contribution >= 0.6 is 0 Å². The zero-order valence-corrected chi connectivity index (χ0v) is 14.2. The Kier molecular flexibility index (Phi) is 12.7. The number of rotatable bonds is 7. The van der Waals surface area contributed by atoms with Crippen LogP contribution in [0.2, 0.25) is 0 Å². The molecule has 0 aliphatic rings. The van der Waals surface area contributed by atoms with E-state index >= 15 is 0 Å². The van der Waals surface area contributed by atoms with Crippen LogP contribution in [0.4, 0.5) is 0 Å². The van der Waals surface area contributed by atoms with Gasteiger partial charge in [-0.3, -0.25) is 9.59 Å². The molecule has 0 rings (SSSR count). The molecule has 0 aliphatic heterocycles. The minimum Gasteiger partial charge on any atom is -0.460 e. The van der Waals surface area contributed by atoms with Crippen molar-refractivity contribution in [2.45, 2.75) is 73.3 Å². The minimum absolute atomic E-state index is 0.225. The second kappa shape index (κ2) is 11.9. The van der Waals surface area contributed by atoms with Crippen LogP contribution in [0.25, 0.3) is 0 Å².